The maximum Gasteiger partial charge on any atom is 0.350 e. The van der Waals surface area contributed by atoms with E-state index in [0.717, 1.165) is 22.0 Å². The van der Waals surface area contributed by atoms with Gasteiger partial charge in [-0.05, 0) is 47.5 Å². The molecule has 6 aromatic rings. The lowest BCUT2D eigenvalue weighted by atomic mass is 10.2. The highest BCUT2D eigenvalue weighted by Crippen LogP contribution is 2.23. The molecule has 0 fully saturated rings. The van der Waals surface area contributed by atoms with E-state index in [1.165, 1.54) is 9.08 Å². The number of anilines is 1. The highest BCUT2D eigenvalue weighted by atomic mass is 16.2. The number of amides is 1. The molecule has 36 heavy (non-hydrogen) atoms. The van der Waals surface area contributed by atoms with E-state index in [4.69, 9.17) is 0 Å². The monoisotopic (exact) mass is 473 g/mol. The van der Waals surface area contributed by atoms with Crippen molar-refractivity contribution in [2.24, 2.45) is 0 Å². The van der Waals surface area contributed by atoms with Gasteiger partial charge in [-0.2, -0.15) is 0 Å². The number of hydrogen-bond donors (Lipinski definition) is 1. The molecule has 0 aliphatic carbocycles. The molecule has 0 saturated carbocycles. The molecule has 1 amide bonds. The van der Waals surface area contributed by atoms with Gasteiger partial charge in [-0.15, -0.1) is 5.10 Å². The molecule has 3 aromatic heterocycles. The number of para-hydroxylation sites is 1. The lowest BCUT2D eigenvalue weighted by molar-refractivity contribution is 0.101. The smallest absolute Gasteiger partial charge is 0.332 e. The number of benzene rings is 3. The van der Waals surface area contributed by atoms with E-state index in [-0.39, 0.29) is 11.6 Å². The number of rotatable bonds is 6. The van der Waals surface area contributed by atoms with Crippen LogP contribution < -0.4 is 11.0 Å². The Morgan fingerprint density at radius 1 is 0.778 bits per heavy atom. The van der Waals surface area contributed by atoms with Crippen LogP contribution in [0, 0.1) is 0 Å². The molecule has 0 spiro atoms. The van der Waals surface area contributed by atoms with Gasteiger partial charge in [0.15, 0.2) is 5.65 Å². The molecule has 6 rings (SSSR count). The zero-order valence-electron chi connectivity index (χ0n) is 19.4. The Balaban J connectivity index is 1.28. The minimum absolute atomic E-state index is 0.191. The van der Waals surface area contributed by atoms with E-state index in [2.05, 4.69) is 22.5 Å². The molecule has 3 aromatic carbocycles. The number of carbonyl (C=O) groups is 1. The van der Waals surface area contributed by atoms with Crippen LogP contribution in [-0.2, 0) is 13.1 Å². The van der Waals surface area contributed by atoms with Crippen LogP contribution in [0.1, 0.15) is 21.6 Å². The van der Waals surface area contributed by atoms with Gasteiger partial charge in [-0.3, -0.25) is 9.20 Å². The molecule has 7 nitrogen and oxygen atoms in total. The third-order valence-electron chi connectivity index (χ3n) is 6.23. The van der Waals surface area contributed by atoms with Gasteiger partial charge in [-0.1, -0.05) is 66.7 Å². The lowest BCUT2D eigenvalue weighted by Crippen LogP contribution is -2.21. The summed E-state index contributed by atoms with van der Waals surface area (Å²) in [6.45, 7) is 0.895. The lowest BCUT2D eigenvalue weighted by Gasteiger charge is -2.12. The van der Waals surface area contributed by atoms with Crippen LogP contribution >= 0.6 is 0 Å². The SMILES string of the molecule is O=C(Nc1cccc(Cn2nc3ccccn3c2=O)c1)c1cc2ccccc2n1Cc1ccccc1. The van der Waals surface area contributed by atoms with Gasteiger partial charge in [0.2, 0.25) is 0 Å². The Bertz CT molecular complexity index is 1760. The Kier molecular flexibility index (Phi) is 5.42. The first-order chi connectivity index (χ1) is 17.7. The van der Waals surface area contributed by atoms with Gasteiger partial charge in [0.05, 0.1) is 6.54 Å². The Morgan fingerprint density at radius 2 is 1.56 bits per heavy atom. The summed E-state index contributed by atoms with van der Waals surface area (Å²) < 4.78 is 4.98. The molecule has 0 saturated heterocycles. The maximum absolute atomic E-state index is 13.4. The number of aromatic nitrogens is 4. The predicted molar refractivity (Wildman–Crippen MR) is 140 cm³/mol. The van der Waals surface area contributed by atoms with Crippen molar-refractivity contribution in [2.45, 2.75) is 13.1 Å². The summed E-state index contributed by atoms with van der Waals surface area (Å²) in [5, 5.41) is 8.45. The molecule has 0 radical (unpaired) electrons. The van der Waals surface area contributed by atoms with Crippen LogP contribution in [0.3, 0.4) is 0 Å². The normalized spacial score (nSPS) is 11.2. The fourth-order valence-electron chi connectivity index (χ4n) is 4.52. The third-order valence-corrected chi connectivity index (χ3v) is 6.23. The number of nitrogens with zero attached hydrogens (tertiary/aromatic N) is 4. The Hall–Kier alpha value is -4.91. The molecular weight excluding hydrogens is 450 g/mol. The maximum atomic E-state index is 13.4. The van der Waals surface area contributed by atoms with E-state index >= 15 is 0 Å². The second-order valence-electron chi connectivity index (χ2n) is 8.68. The molecule has 0 bridgehead atoms. The first-order valence-corrected chi connectivity index (χ1v) is 11.7. The van der Waals surface area contributed by atoms with Crippen LogP contribution in [0.4, 0.5) is 5.69 Å². The summed E-state index contributed by atoms with van der Waals surface area (Å²) in [6, 6.07) is 33.0. The van der Waals surface area contributed by atoms with Crippen molar-refractivity contribution in [3.8, 4) is 0 Å². The first kappa shape index (κ1) is 21.6. The molecule has 176 valence electrons. The van der Waals surface area contributed by atoms with Crippen molar-refractivity contribution in [3.05, 3.63) is 137 Å². The van der Waals surface area contributed by atoms with Gasteiger partial charge in [0.25, 0.3) is 5.91 Å². The van der Waals surface area contributed by atoms with E-state index in [9.17, 15) is 9.59 Å². The van der Waals surface area contributed by atoms with E-state index in [1.807, 2.05) is 83.4 Å². The zero-order chi connectivity index (χ0) is 24.5. The van der Waals surface area contributed by atoms with Gasteiger partial charge in [-0.25, -0.2) is 9.48 Å². The van der Waals surface area contributed by atoms with E-state index < -0.39 is 0 Å². The standard InChI is InChI=1S/C29H23N5O2/c35-28(26-18-23-12-4-5-14-25(23)33(26)19-21-9-2-1-3-10-21)30-24-13-8-11-22(17-24)20-34-29(36)32-16-7-6-15-27(32)31-34/h1-18H,19-20H2,(H,30,35). The van der Waals surface area contributed by atoms with Crippen molar-refractivity contribution in [3.63, 3.8) is 0 Å². The minimum atomic E-state index is -0.203. The van der Waals surface area contributed by atoms with E-state index in [0.29, 0.717) is 30.1 Å². The quantitative estimate of drug-likeness (QED) is 0.378. The molecule has 0 unspecified atom stereocenters. The molecule has 3 heterocycles. The van der Waals surface area contributed by atoms with Crippen LogP contribution in [0.15, 0.2) is 114 Å². The van der Waals surface area contributed by atoms with Crippen molar-refractivity contribution in [1.82, 2.24) is 18.7 Å². The number of carbonyl (C=O) groups excluding carboxylic acids is 1. The average molecular weight is 474 g/mol. The highest BCUT2D eigenvalue weighted by molar-refractivity contribution is 6.06. The molecule has 1 N–H and O–H groups in total. The third kappa shape index (κ3) is 4.07. The summed E-state index contributed by atoms with van der Waals surface area (Å²) in [5.74, 6) is -0.191. The minimum Gasteiger partial charge on any atom is -0.332 e. The van der Waals surface area contributed by atoms with Gasteiger partial charge in [0.1, 0.15) is 5.69 Å². The average Bonchev–Trinajstić information content (AvgIpc) is 3.43. The van der Waals surface area contributed by atoms with Crippen LogP contribution in [0.25, 0.3) is 16.6 Å². The zero-order valence-corrected chi connectivity index (χ0v) is 19.4. The summed E-state index contributed by atoms with van der Waals surface area (Å²) in [6.07, 6.45) is 1.70. The number of fused-ring (bicyclic) bond motifs is 2. The molecule has 7 heteroatoms. The number of pyridine rings is 1. The summed E-state index contributed by atoms with van der Waals surface area (Å²) in [7, 11) is 0. The van der Waals surface area contributed by atoms with Crippen molar-refractivity contribution < 1.29 is 4.79 Å². The topological polar surface area (TPSA) is 73.3 Å². The van der Waals surface area contributed by atoms with Crippen LogP contribution in [0.2, 0.25) is 0 Å². The molecule has 0 aliphatic heterocycles. The molecule has 0 atom stereocenters. The molecule has 0 aliphatic rings. The van der Waals surface area contributed by atoms with E-state index in [1.54, 1.807) is 18.3 Å². The van der Waals surface area contributed by atoms with Crippen LogP contribution in [-0.4, -0.2) is 24.7 Å². The summed E-state index contributed by atoms with van der Waals surface area (Å²) in [5.41, 5.74) is 4.62. The number of nitrogens with one attached hydrogen (secondary N) is 1. The predicted octanol–water partition coefficient (Wildman–Crippen LogP) is 4.80. The second-order valence-corrected chi connectivity index (χ2v) is 8.68. The Morgan fingerprint density at radius 3 is 2.42 bits per heavy atom. The molecular formula is C29H23N5O2. The van der Waals surface area contributed by atoms with Crippen molar-refractivity contribution in [2.75, 3.05) is 5.32 Å². The summed E-state index contributed by atoms with van der Waals surface area (Å²) >= 11 is 0. The van der Waals surface area contributed by atoms with Gasteiger partial charge < -0.3 is 9.88 Å². The van der Waals surface area contributed by atoms with Crippen LogP contribution in [0.5, 0.6) is 0 Å². The van der Waals surface area contributed by atoms with Crippen molar-refractivity contribution in [1.29, 1.82) is 0 Å². The largest absolute Gasteiger partial charge is 0.350 e. The summed E-state index contributed by atoms with van der Waals surface area (Å²) in [4.78, 5) is 26.1. The fourth-order valence-corrected chi connectivity index (χ4v) is 4.52. The fraction of sp³-hybridized carbons (Fsp3) is 0.0690. The number of hydrogen-bond acceptors (Lipinski definition) is 3. The second kappa shape index (κ2) is 9.03. The Labute approximate surface area is 206 Å². The van der Waals surface area contributed by atoms with Crippen molar-refractivity contribution >= 4 is 28.1 Å². The first-order valence-electron chi connectivity index (χ1n) is 11.7. The highest BCUT2D eigenvalue weighted by Gasteiger charge is 2.16. The van der Waals surface area contributed by atoms with Gasteiger partial charge in [0, 0.05) is 29.3 Å². The van der Waals surface area contributed by atoms with Gasteiger partial charge >= 0.3 is 5.69 Å².